The van der Waals surface area contributed by atoms with Crippen LogP contribution in [0.25, 0.3) is 11.0 Å². The second kappa shape index (κ2) is 8.25. The molecule has 0 fully saturated rings. The number of para-hydroxylation sites is 1. The molecule has 0 saturated carbocycles. The van der Waals surface area contributed by atoms with Gasteiger partial charge in [0.2, 0.25) is 0 Å². The van der Waals surface area contributed by atoms with Crippen molar-refractivity contribution >= 4 is 32.7 Å². The van der Waals surface area contributed by atoms with E-state index in [4.69, 9.17) is 0 Å². The summed E-state index contributed by atoms with van der Waals surface area (Å²) < 4.78 is 28.6. The van der Waals surface area contributed by atoms with E-state index in [9.17, 15) is 18.0 Å². The van der Waals surface area contributed by atoms with Gasteiger partial charge < -0.3 is 15.3 Å². The maximum Gasteiger partial charge on any atom is 0.323 e. The molecule has 1 atom stereocenters. The number of carbonyl (C=O) groups excluding carboxylic acids is 1. The number of aromatic nitrogens is 2. The number of H-pyrrole nitrogens is 2. The number of amides is 1. The molecule has 0 radical (unpaired) electrons. The van der Waals surface area contributed by atoms with Crippen LogP contribution in [0.5, 0.6) is 0 Å². The Labute approximate surface area is 190 Å². The van der Waals surface area contributed by atoms with E-state index in [1.165, 1.54) is 23.8 Å². The van der Waals surface area contributed by atoms with Crippen LogP contribution in [-0.2, 0) is 16.4 Å². The number of sulfonamides is 1. The fourth-order valence-corrected chi connectivity index (χ4v) is 5.40. The van der Waals surface area contributed by atoms with Crippen molar-refractivity contribution in [3.63, 3.8) is 0 Å². The van der Waals surface area contributed by atoms with Crippen molar-refractivity contribution in [3.05, 3.63) is 93.9 Å². The Morgan fingerprint density at radius 1 is 0.939 bits per heavy atom. The number of anilines is 1. The zero-order valence-electron chi connectivity index (χ0n) is 17.6. The van der Waals surface area contributed by atoms with Crippen LogP contribution in [0.4, 0.5) is 5.69 Å². The van der Waals surface area contributed by atoms with Crippen molar-refractivity contribution in [2.75, 3.05) is 4.72 Å². The number of carbonyl (C=O) groups is 1. The number of nitrogens with one attached hydrogen (secondary N) is 4. The molecule has 9 heteroatoms. The molecule has 1 amide bonds. The van der Waals surface area contributed by atoms with Crippen molar-refractivity contribution in [3.8, 4) is 0 Å². The van der Waals surface area contributed by atoms with Gasteiger partial charge in [-0.3, -0.25) is 9.52 Å². The molecule has 1 aliphatic carbocycles. The number of fused-ring (bicyclic) bond motifs is 2. The Bertz CT molecular complexity index is 1520. The SMILES string of the molecule is O=C(NC1CCCc2ccccc21)c1ccccc1NS(=O)(=O)c1ccc2[nH]c(=O)[nH]c2c1. The van der Waals surface area contributed by atoms with Crippen LogP contribution >= 0.6 is 0 Å². The summed E-state index contributed by atoms with van der Waals surface area (Å²) in [6.45, 7) is 0. The van der Waals surface area contributed by atoms with Crippen molar-refractivity contribution in [2.45, 2.75) is 30.2 Å². The molecule has 168 valence electrons. The summed E-state index contributed by atoms with van der Waals surface area (Å²) in [5.41, 5.74) is 3.21. The number of benzene rings is 3. The molecule has 33 heavy (non-hydrogen) atoms. The molecule has 0 saturated heterocycles. The fourth-order valence-electron chi connectivity index (χ4n) is 4.29. The molecular formula is C24H22N4O4S. The predicted octanol–water partition coefficient (Wildman–Crippen LogP) is 3.46. The quantitative estimate of drug-likeness (QED) is 0.363. The van der Waals surface area contributed by atoms with Crippen LogP contribution in [0.2, 0.25) is 0 Å². The molecule has 0 spiro atoms. The standard InChI is InChI=1S/C24H22N4O4S/c29-23(25-19-11-5-7-15-6-1-2-8-17(15)19)18-9-3-4-10-20(18)28-33(31,32)16-12-13-21-22(14-16)27-24(30)26-21/h1-4,6,8-10,12-14,19,28H,5,7,11H2,(H,25,29)(H2,26,27,30). The summed E-state index contributed by atoms with van der Waals surface area (Å²) in [7, 11) is -4.00. The molecule has 1 aliphatic rings. The topological polar surface area (TPSA) is 124 Å². The van der Waals surface area contributed by atoms with Crippen LogP contribution in [0, 0.1) is 0 Å². The fraction of sp³-hybridized carbons (Fsp3) is 0.167. The minimum absolute atomic E-state index is 0.0262. The Morgan fingerprint density at radius 2 is 1.70 bits per heavy atom. The van der Waals surface area contributed by atoms with Gasteiger partial charge in [0.1, 0.15) is 0 Å². The smallest absolute Gasteiger partial charge is 0.323 e. The predicted molar refractivity (Wildman–Crippen MR) is 126 cm³/mol. The molecular weight excluding hydrogens is 440 g/mol. The van der Waals surface area contributed by atoms with E-state index in [0.717, 1.165) is 24.8 Å². The zero-order valence-corrected chi connectivity index (χ0v) is 18.4. The first-order valence-corrected chi connectivity index (χ1v) is 12.1. The van der Waals surface area contributed by atoms with Gasteiger partial charge >= 0.3 is 5.69 Å². The van der Waals surface area contributed by atoms with Crippen molar-refractivity contribution in [2.24, 2.45) is 0 Å². The molecule has 0 aliphatic heterocycles. The molecule has 8 nitrogen and oxygen atoms in total. The largest absolute Gasteiger partial charge is 0.345 e. The van der Waals surface area contributed by atoms with Gasteiger partial charge in [0.05, 0.1) is 33.2 Å². The van der Waals surface area contributed by atoms with Gasteiger partial charge in [-0.1, -0.05) is 36.4 Å². The minimum atomic E-state index is -4.00. The Kier molecular flexibility index (Phi) is 5.26. The molecule has 4 aromatic rings. The first-order valence-electron chi connectivity index (χ1n) is 10.6. The van der Waals surface area contributed by atoms with E-state index in [2.05, 4.69) is 26.1 Å². The van der Waals surface area contributed by atoms with E-state index in [0.29, 0.717) is 11.0 Å². The lowest BCUT2D eigenvalue weighted by molar-refractivity contribution is 0.0933. The number of imidazole rings is 1. The van der Waals surface area contributed by atoms with E-state index in [1.807, 2.05) is 18.2 Å². The second-order valence-electron chi connectivity index (χ2n) is 8.05. The lowest BCUT2D eigenvalue weighted by atomic mass is 9.87. The monoisotopic (exact) mass is 462 g/mol. The van der Waals surface area contributed by atoms with Gasteiger partial charge in [-0.05, 0) is 60.7 Å². The summed E-state index contributed by atoms with van der Waals surface area (Å²) in [6.07, 6.45) is 2.78. The van der Waals surface area contributed by atoms with Crippen LogP contribution in [0.1, 0.15) is 40.4 Å². The highest BCUT2D eigenvalue weighted by Gasteiger charge is 2.24. The van der Waals surface area contributed by atoms with Crippen LogP contribution < -0.4 is 15.7 Å². The zero-order chi connectivity index (χ0) is 23.0. The van der Waals surface area contributed by atoms with E-state index < -0.39 is 15.7 Å². The molecule has 1 heterocycles. The summed E-state index contributed by atoms with van der Waals surface area (Å²) in [5.74, 6) is -0.347. The lowest BCUT2D eigenvalue weighted by Gasteiger charge is -2.26. The van der Waals surface area contributed by atoms with Crippen LogP contribution in [0.3, 0.4) is 0 Å². The average Bonchev–Trinajstić information content (AvgIpc) is 3.18. The van der Waals surface area contributed by atoms with E-state index in [1.54, 1.807) is 24.3 Å². The van der Waals surface area contributed by atoms with Gasteiger partial charge in [-0.2, -0.15) is 0 Å². The summed E-state index contributed by atoms with van der Waals surface area (Å²) in [4.78, 5) is 29.7. The average molecular weight is 463 g/mol. The van der Waals surface area contributed by atoms with E-state index in [-0.39, 0.29) is 28.1 Å². The normalized spacial score (nSPS) is 15.7. The number of aromatic amines is 2. The summed E-state index contributed by atoms with van der Waals surface area (Å²) >= 11 is 0. The highest BCUT2D eigenvalue weighted by molar-refractivity contribution is 7.92. The summed E-state index contributed by atoms with van der Waals surface area (Å²) in [5, 5.41) is 3.07. The van der Waals surface area contributed by atoms with Gasteiger partial charge in [-0.15, -0.1) is 0 Å². The maximum atomic E-state index is 13.2. The van der Waals surface area contributed by atoms with E-state index >= 15 is 0 Å². The van der Waals surface area contributed by atoms with Crippen molar-refractivity contribution in [1.29, 1.82) is 0 Å². The Hall–Kier alpha value is -3.85. The molecule has 1 aromatic heterocycles. The molecule has 1 unspecified atom stereocenters. The van der Waals surface area contributed by atoms with Crippen molar-refractivity contribution in [1.82, 2.24) is 15.3 Å². The summed E-state index contributed by atoms with van der Waals surface area (Å²) in [6, 6.07) is 18.7. The molecule has 4 N–H and O–H groups in total. The number of hydrogen-bond donors (Lipinski definition) is 4. The van der Waals surface area contributed by atoms with Crippen LogP contribution in [0.15, 0.2) is 76.4 Å². The Balaban J connectivity index is 1.41. The third-order valence-electron chi connectivity index (χ3n) is 5.89. The van der Waals surface area contributed by atoms with Crippen molar-refractivity contribution < 1.29 is 13.2 Å². The Morgan fingerprint density at radius 3 is 2.58 bits per heavy atom. The van der Waals surface area contributed by atoms with Gasteiger partial charge in [0.15, 0.2) is 0 Å². The van der Waals surface area contributed by atoms with Gasteiger partial charge in [-0.25, -0.2) is 13.2 Å². The second-order valence-corrected chi connectivity index (χ2v) is 9.74. The first-order chi connectivity index (χ1) is 15.9. The highest BCUT2D eigenvalue weighted by atomic mass is 32.2. The molecule has 3 aromatic carbocycles. The first kappa shape index (κ1) is 21.0. The molecule has 0 bridgehead atoms. The molecule has 5 rings (SSSR count). The van der Waals surface area contributed by atoms with Gasteiger partial charge in [0, 0.05) is 0 Å². The lowest BCUT2D eigenvalue weighted by Crippen LogP contribution is -2.31. The van der Waals surface area contributed by atoms with Crippen LogP contribution in [-0.4, -0.2) is 24.3 Å². The van der Waals surface area contributed by atoms with Gasteiger partial charge in [0.25, 0.3) is 15.9 Å². The number of aryl methyl sites for hydroxylation is 1. The minimum Gasteiger partial charge on any atom is -0.345 e. The highest BCUT2D eigenvalue weighted by Crippen LogP contribution is 2.30. The third-order valence-corrected chi connectivity index (χ3v) is 7.25. The number of rotatable bonds is 5. The third kappa shape index (κ3) is 4.14. The number of hydrogen-bond acceptors (Lipinski definition) is 4. The maximum absolute atomic E-state index is 13.2.